The van der Waals surface area contributed by atoms with E-state index in [1.54, 1.807) is 18.3 Å². The van der Waals surface area contributed by atoms with E-state index in [0.717, 1.165) is 11.4 Å². The number of nitrogens with one attached hydrogen (secondary N) is 1. The number of anilines is 1. The Morgan fingerprint density at radius 1 is 1.38 bits per heavy atom. The van der Waals surface area contributed by atoms with Gasteiger partial charge in [-0.05, 0) is 17.7 Å². The van der Waals surface area contributed by atoms with Crippen molar-refractivity contribution < 1.29 is 5.11 Å². The van der Waals surface area contributed by atoms with E-state index in [4.69, 9.17) is 11.6 Å². The second kappa shape index (κ2) is 4.45. The molecular weight excluding hydrogens is 226 g/mol. The van der Waals surface area contributed by atoms with Crippen LogP contribution in [-0.2, 0) is 6.54 Å². The van der Waals surface area contributed by atoms with Gasteiger partial charge in [0.25, 0.3) is 0 Å². The first-order chi connectivity index (χ1) is 7.65. The fraction of sp³-hybridized carbons (Fsp3) is 0.182. The first-order valence-electron chi connectivity index (χ1n) is 4.85. The van der Waals surface area contributed by atoms with Crippen LogP contribution in [0.1, 0.15) is 5.56 Å². The van der Waals surface area contributed by atoms with Crippen LogP contribution < -0.4 is 4.90 Å². The van der Waals surface area contributed by atoms with E-state index in [1.165, 1.54) is 0 Å². The molecule has 0 aromatic carbocycles. The van der Waals surface area contributed by atoms with Crippen molar-refractivity contribution in [3.05, 3.63) is 41.2 Å². The number of hydrogen-bond acceptors (Lipinski definition) is 3. The van der Waals surface area contributed by atoms with Gasteiger partial charge < -0.3 is 15.0 Å². The number of halogens is 1. The number of pyridine rings is 1. The summed E-state index contributed by atoms with van der Waals surface area (Å²) < 4.78 is 0. The van der Waals surface area contributed by atoms with E-state index in [-0.39, 0.29) is 5.88 Å². The predicted molar refractivity (Wildman–Crippen MR) is 63.8 cm³/mol. The highest BCUT2D eigenvalue weighted by Gasteiger charge is 2.04. The van der Waals surface area contributed by atoms with Gasteiger partial charge in [-0.25, -0.2) is 4.98 Å². The highest BCUT2D eigenvalue weighted by Crippen LogP contribution is 2.18. The van der Waals surface area contributed by atoms with Gasteiger partial charge in [0.05, 0.1) is 0 Å². The maximum Gasteiger partial charge on any atom is 0.189 e. The van der Waals surface area contributed by atoms with E-state index >= 15 is 0 Å². The fourth-order valence-electron chi connectivity index (χ4n) is 1.45. The van der Waals surface area contributed by atoms with Gasteiger partial charge in [0, 0.05) is 25.9 Å². The summed E-state index contributed by atoms with van der Waals surface area (Å²) in [5.41, 5.74) is 1.06. The lowest BCUT2D eigenvalue weighted by Crippen LogP contribution is -2.16. The molecule has 2 N–H and O–H groups in total. The Hall–Kier alpha value is -1.68. The van der Waals surface area contributed by atoms with Crippen molar-refractivity contribution >= 4 is 17.4 Å². The normalized spacial score (nSPS) is 10.4. The minimum atomic E-state index is 0.163. The molecule has 0 aliphatic heterocycles. The van der Waals surface area contributed by atoms with Gasteiger partial charge in [0.2, 0.25) is 0 Å². The van der Waals surface area contributed by atoms with Crippen LogP contribution in [-0.4, -0.2) is 22.1 Å². The fourth-order valence-corrected chi connectivity index (χ4v) is 1.57. The number of hydrogen-bond donors (Lipinski definition) is 2. The molecule has 0 bridgehead atoms. The Bertz CT molecular complexity index is 466. The van der Waals surface area contributed by atoms with Crippen molar-refractivity contribution in [2.45, 2.75) is 6.54 Å². The summed E-state index contributed by atoms with van der Waals surface area (Å²) in [6, 6.07) is 7.12. The molecule has 2 aromatic heterocycles. The molecule has 16 heavy (non-hydrogen) atoms. The number of rotatable bonds is 3. The number of aromatic nitrogens is 2. The van der Waals surface area contributed by atoms with E-state index in [9.17, 15) is 5.11 Å². The van der Waals surface area contributed by atoms with Gasteiger partial charge in [-0.1, -0.05) is 17.7 Å². The standard InChI is InChI=1S/C11H12ClN3O/c1-15(10-4-5-11(16)14-10)7-8-2-3-9(12)13-6-8/h2-6,14,16H,7H2,1H3. The van der Waals surface area contributed by atoms with Crippen LogP contribution >= 0.6 is 11.6 Å². The molecule has 2 heterocycles. The van der Waals surface area contributed by atoms with Gasteiger partial charge in [0.15, 0.2) is 5.88 Å². The molecule has 5 heteroatoms. The maximum absolute atomic E-state index is 9.19. The molecule has 0 radical (unpaired) electrons. The van der Waals surface area contributed by atoms with Crippen LogP contribution in [0.2, 0.25) is 5.15 Å². The van der Waals surface area contributed by atoms with Gasteiger partial charge >= 0.3 is 0 Å². The van der Waals surface area contributed by atoms with Gasteiger partial charge in [-0.15, -0.1) is 0 Å². The molecule has 0 atom stereocenters. The first kappa shape index (κ1) is 10.8. The van der Waals surface area contributed by atoms with Crippen molar-refractivity contribution in [1.29, 1.82) is 0 Å². The Morgan fingerprint density at radius 3 is 2.75 bits per heavy atom. The zero-order chi connectivity index (χ0) is 11.5. The summed E-state index contributed by atoms with van der Waals surface area (Å²) in [7, 11) is 1.93. The average Bonchev–Trinajstić information content (AvgIpc) is 2.68. The second-order valence-electron chi connectivity index (χ2n) is 3.57. The molecule has 0 unspecified atom stereocenters. The molecule has 0 aliphatic carbocycles. The highest BCUT2D eigenvalue weighted by atomic mass is 35.5. The van der Waals surface area contributed by atoms with Crippen LogP contribution in [0.25, 0.3) is 0 Å². The maximum atomic E-state index is 9.19. The summed E-state index contributed by atoms with van der Waals surface area (Å²) in [4.78, 5) is 8.83. The number of H-pyrrole nitrogens is 1. The Labute approximate surface area is 98.5 Å². The van der Waals surface area contributed by atoms with Gasteiger partial charge in [-0.3, -0.25) is 0 Å². The minimum absolute atomic E-state index is 0.163. The lowest BCUT2D eigenvalue weighted by Gasteiger charge is -2.16. The summed E-state index contributed by atoms with van der Waals surface area (Å²) in [5.74, 6) is 1.02. The molecule has 0 saturated heterocycles. The minimum Gasteiger partial charge on any atom is -0.495 e. The predicted octanol–water partition coefficient (Wildman–Crippen LogP) is 2.41. The summed E-state index contributed by atoms with van der Waals surface area (Å²) in [6.07, 6.45) is 1.74. The molecule has 84 valence electrons. The van der Waals surface area contributed by atoms with Crippen LogP contribution in [0.4, 0.5) is 5.82 Å². The van der Waals surface area contributed by atoms with Crippen molar-refractivity contribution in [3.63, 3.8) is 0 Å². The largest absolute Gasteiger partial charge is 0.495 e. The number of aromatic hydroxyl groups is 1. The highest BCUT2D eigenvalue weighted by molar-refractivity contribution is 6.29. The average molecular weight is 238 g/mol. The van der Waals surface area contributed by atoms with Crippen molar-refractivity contribution in [2.75, 3.05) is 11.9 Å². The molecule has 0 spiro atoms. The van der Waals surface area contributed by atoms with Crippen molar-refractivity contribution in [1.82, 2.24) is 9.97 Å². The molecule has 0 aliphatic rings. The smallest absolute Gasteiger partial charge is 0.189 e. The van der Waals surface area contributed by atoms with E-state index in [1.807, 2.05) is 24.1 Å². The molecule has 2 aromatic rings. The van der Waals surface area contributed by atoms with Crippen LogP contribution in [0.15, 0.2) is 30.5 Å². The molecule has 0 fully saturated rings. The summed E-state index contributed by atoms with van der Waals surface area (Å²) >= 11 is 5.70. The van der Waals surface area contributed by atoms with E-state index < -0.39 is 0 Å². The van der Waals surface area contributed by atoms with Crippen molar-refractivity contribution in [3.8, 4) is 5.88 Å². The SMILES string of the molecule is CN(Cc1ccc(Cl)nc1)c1ccc(O)[nH]1. The summed E-state index contributed by atoms with van der Waals surface area (Å²) in [6.45, 7) is 0.699. The molecule has 0 amide bonds. The lowest BCUT2D eigenvalue weighted by molar-refractivity contribution is 0.457. The van der Waals surface area contributed by atoms with Crippen LogP contribution in [0.5, 0.6) is 5.88 Å². The third kappa shape index (κ3) is 2.46. The molecule has 0 saturated carbocycles. The third-order valence-electron chi connectivity index (χ3n) is 2.27. The second-order valence-corrected chi connectivity index (χ2v) is 3.96. The lowest BCUT2D eigenvalue weighted by atomic mass is 10.3. The van der Waals surface area contributed by atoms with Crippen molar-refractivity contribution in [2.24, 2.45) is 0 Å². The van der Waals surface area contributed by atoms with E-state index in [2.05, 4.69) is 9.97 Å². The van der Waals surface area contributed by atoms with Crippen LogP contribution in [0.3, 0.4) is 0 Å². The number of nitrogens with zero attached hydrogens (tertiary/aromatic N) is 2. The Morgan fingerprint density at radius 2 is 2.19 bits per heavy atom. The topological polar surface area (TPSA) is 52.1 Å². The monoisotopic (exact) mass is 237 g/mol. The van der Waals surface area contributed by atoms with E-state index in [0.29, 0.717) is 11.7 Å². The zero-order valence-electron chi connectivity index (χ0n) is 8.81. The van der Waals surface area contributed by atoms with Crippen LogP contribution in [0, 0.1) is 0 Å². The Balaban J connectivity index is 2.07. The Kier molecular flexibility index (Phi) is 3.01. The summed E-state index contributed by atoms with van der Waals surface area (Å²) in [5, 5.41) is 9.68. The van der Waals surface area contributed by atoms with Gasteiger partial charge in [-0.2, -0.15) is 0 Å². The molecule has 2 rings (SSSR count). The zero-order valence-corrected chi connectivity index (χ0v) is 9.57. The first-order valence-corrected chi connectivity index (χ1v) is 5.22. The molecule has 4 nitrogen and oxygen atoms in total. The molecular formula is C11H12ClN3O. The quantitative estimate of drug-likeness (QED) is 0.806. The van der Waals surface area contributed by atoms with Gasteiger partial charge in [0.1, 0.15) is 11.0 Å². The number of aromatic amines is 1. The third-order valence-corrected chi connectivity index (χ3v) is 2.50.